The normalized spacial score (nSPS) is 23.1. The van der Waals surface area contributed by atoms with Crippen molar-refractivity contribution in [3.63, 3.8) is 0 Å². The molecule has 104 valence electrons. The summed E-state index contributed by atoms with van der Waals surface area (Å²) >= 11 is 3.42. The summed E-state index contributed by atoms with van der Waals surface area (Å²) in [5, 5.41) is 0. The first-order valence-electron chi connectivity index (χ1n) is 6.36. The van der Waals surface area contributed by atoms with Crippen LogP contribution in [0.2, 0.25) is 0 Å². The van der Waals surface area contributed by atoms with E-state index in [1.165, 1.54) is 0 Å². The van der Waals surface area contributed by atoms with Gasteiger partial charge < -0.3 is 4.90 Å². The number of carbonyl (C=O) groups is 1. The SMILES string of the molecule is Cc1cc(Br)cc(C(=O)N(C)C2CCS(=O)CC2)c1. The van der Waals surface area contributed by atoms with Crippen LogP contribution in [-0.4, -0.2) is 39.6 Å². The van der Waals surface area contributed by atoms with E-state index >= 15 is 0 Å². The van der Waals surface area contributed by atoms with E-state index in [1.54, 1.807) is 4.90 Å². The molecule has 0 aliphatic carbocycles. The Morgan fingerprint density at radius 3 is 2.53 bits per heavy atom. The van der Waals surface area contributed by atoms with Gasteiger partial charge in [-0.05, 0) is 43.5 Å². The summed E-state index contributed by atoms with van der Waals surface area (Å²) in [7, 11) is 1.16. The predicted octanol–water partition coefficient (Wildman–Crippen LogP) is 2.74. The van der Waals surface area contributed by atoms with E-state index in [-0.39, 0.29) is 11.9 Å². The quantitative estimate of drug-likeness (QED) is 0.827. The summed E-state index contributed by atoms with van der Waals surface area (Å²) < 4.78 is 12.3. The van der Waals surface area contributed by atoms with E-state index in [0.29, 0.717) is 17.1 Å². The molecule has 0 bridgehead atoms. The van der Waals surface area contributed by atoms with Crippen molar-refractivity contribution in [2.45, 2.75) is 25.8 Å². The smallest absolute Gasteiger partial charge is 0.253 e. The number of aryl methyl sites for hydroxylation is 1. The average molecular weight is 344 g/mol. The lowest BCUT2D eigenvalue weighted by Crippen LogP contribution is -2.41. The molecule has 0 unspecified atom stereocenters. The van der Waals surface area contributed by atoms with E-state index in [4.69, 9.17) is 0 Å². The molecule has 2 rings (SSSR count). The maximum absolute atomic E-state index is 12.5. The van der Waals surface area contributed by atoms with E-state index in [2.05, 4.69) is 15.9 Å². The van der Waals surface area contributed by atoms with Crippen molar-refractivity contribution >= 4 is 32.6 Å². The van der Waals surface area contributed by atoms with Crippen LogP contribution in [0.4, 0.5) is 0 Å². The van der Waals surface area contributed by atoms with Gasteiger partial charge in [0, 0.05) is 45.4 Å². The molecule has 5 heteroatoms. The van der Waals surface area contributed by atoms with Crippen molar-refractivity contribution in [2.24, 2.45) is 0 Å². The van der Waals surface area contributed by atoms with Crippen LogP contribution in [0.5, 0.6) is 0 Å². The van der Waals surface area contributed by atoms with Crippen LogP contribution >= 0.6 is 15.9 Å². The zero-order chi connectivity index (χ0) is 14.0. The largest absolute Gasteiger partial charge is 0.339 e. The number of hydrogen-bond acceptors (Lipinski definition) is 2. The van der Waals surface area contributed by atoms with Gasteiger partial charge in [-0.1, -0.05) is 15.9 Å². The highest BCUT2D eigenvalue weighted by Gasteiger charge is 2.25. The third kappa shape index (κ3) is 3.66. The Hall–Kier alpha value is -0.680. The molecule has 0 aromatic heterocycles. The minimum Gasteiger partial charge on any atom is -0.339 e. The van der Waals surface area contributed by atoms with E-state index in [0.717, 1.165) is 22.9 Å². The van der Waals surface area contributed by atoms with Crippen LogP contribution in [0.1, 0.15) is 28.8 Å². The lowest BCUT2D eigenvalue weighted by atomic mass is 10.1. The number of rotatable bonds is 2. The zero-order valence-electron chi connectivity index (χ0n) is 11.2. The van der Waals surface area contributed by atoms with Crippen molar-refractivity contribution in [1.29, 1.82) is 0 Å². The van der Waals surface area contributed by atoms with Crippen molar-refractivity contribution in [3.05, 3.63) is 33.8 Å². The van der Waals surface area contributed by atoms with Gasteiger partial charge in [-0.15, -0.1) is 0 Å². The molecular weight excluding hydrogens is 326 g/mol. The van der Waals surface area contributed by atoms with Gasteiger partial charge in [0.15, 0.2) is 0 Å². The second-order valence-corrected chi connectivity index (χ2v) is 7.62. The molecule has 1 amide bonds. The lowest BCUT2D eigenvalue weighted by Gasteiger charge is -2.31. The molecule has 3 nitrogen and oxygen atoms in total. The van der Waals surface area contributed by atoms with Gasteiger partial charge in [-0.2, -0.15) is 0 Å². The van der Waals surface area contributed by atoms with Crippen LogP contribution in [0.15, 0.2) is 22.7 Å². The van der Waals surface area contributed by atoms with Gasteiger partial charge in [0.25, 0.3) is 5.91 Å². The first kappa shape index (κ1) is 14.7. The van der Waals surface area contributed by atoms with Gasteiger partial charge in [0.2, 0.25) is 0 Å². The van der Waals surface area contributed by atoms with E-state index in [1.807, 2.05) is 32.2 Å². The highest BCUT2D eigenvalue weighted by atomic mass is 79.9. The highest BCUT2D eigenvalue weighted by molar-refractivity contribution is 9.10. The van der Waals surface area contributed by atoms with Crippen molar-refractivity contribution in [2.75, 3.05) is 18.6 Å². The fourth-order valence-electron chi connectivity index (χ4n) is 2.40. The van der Waals surface area contributed by atoms with Gasteiger partial charge in [-0.3, -0.25) is 9.00 Å². The number of halogens is 1. The molecule has 19 heavy (non-hydrogen) atoms. The molecule has 1 aliphatic heterocycles. The average Bonchev–Trinajstić information content (AvgIpc) is 2.37. The van der Waals surface area contributed by atoms with Gasteiger partial charge >= 0.3 is 0 Å². The third-order valence-electron chi connectivity index (χ3n) is 3.51. The Morgan fingerprint density at radius 1 is 1.32 bits per heavy atom. The minimum atomic E-state index is -0.688. The van der Waals surface area contributed by atoms with Crippen LogP contribution in [0.3, 0.4) is 0 Å². The lowest BCUT2D eigenvalue weighted by molar-refractivity contribution is 0.0722. The predicted molar refractivity (Wildman–Crippen MR) is 81.9 cm³/mol. The molecule has 1 heterocycles. The molecule has 0 saturated carbocycles. The Morgan fingerprint density at radius 2 is 1.95 bits per heavy atom. The topological polar surface area (TPSA) is 37.4 Å². The summed E-state index contributed by atoms with van der Waals surface area (Å²) in [5.41, 5.74) is 1.77. The number of benzene rings is 1. The summed E-state index contributed by atoms with van der Waals surface area (Å²) in [4.78, 5) is 14.3. The molecule has 1 fully saturated rings. The molecular formula is C14H18BrNO2S. The standard InChI is InChI=1S/C14H18BrNO2S/c1-10-7-11(9-12(15)8-10)14(17)16(2)13-3-5-19(18)6-4-13/h7-9,13H,3-6H2,1-2H3. The number of nitrogens with zero attached hydrogens (tertiary/aromatic N) is 1. The van der Waals surface area contributed by atoms with Gasteiger partial charge in [0.1, 0.15) is 0 Å². The summed E-state index contributed by atoms with van der Waals surface area (Å²) in [5.74, 6) is 1.46. The second-order valence-electron chi connectivity index (χ2n) is 5.01. The second kappa shape index (κ2) is 6.18. The molecule has 0 spiro atoms. The van der Waals surface area contributed by atoms with Crippen molar-refractivity contribution in [3.8, 4) is 0 Å². The molecule has 1 saturated heterocycles. The third-order valence-corrected chi connectivity index (χ3v) is 5.35. The molecule has 0 N–H and O–H groups in total. The summed E-state index contributed by atoms with van der Waals surface area (Å²) in [6.45, 7) is 1.98. The monoisotopic (exact) mass is 343 g/mol. The first-order valence-corrected chi connectivity index (χ1v) is 8.65. The maximum atomic E-state index is 12.5. The fraction of sp³-hybridized carbons (Fsp3) is 0.500. The maximum Gasteiger partial charge on any atom is 0.253 e. The molecule has 0 atom stereocenters. The van der Waals surface area contributed by atoms with E-state index < -0.39 is 10.8 Å². The Balaban J connectivity index is 2.12. The zero-order valence-corrected chi connectivity index (χ0v) is 13.6. The number of carbonyl (C=O) groups excluding carboxylic acids is 1. The highest BCUT2D eigenvalue weighted by Crippen LogP contribution is 2.20. The van der Waals surface area contributed by atoms with Crippen LogP contribution in [0, 0.1) is 6.92 Å². The first-order chi connectivity index (χ1) is 8.97. The molecule has 1 aromatic carbocycles. The number of hydrogen-bond donors (Lipinski definition) is 0. The Kier molecular flexibility index (Phi) is 4.79. The Labute approximate surface area is 125 Å². The molecule has 1 aliphatic rings. The van der Waals surface area contributed by atoms with Crippen LogP contribution < -0.4 is 0 Å². The Bertz CT molecular complexity index is 488. The van der Waals surface area contributed by atoms with Crippen LogP contribution in [-0.2, 0) is 10.8 Å². The number of amides is 1. The fourth-order valence-corrected chi connectivity index (χ4v) is 4.28. The van der Waals surface area contributed by atoms with Crippen LogP contribution in [0.25, 0.3) is 0 Å². The van der Waals surface area contributed by atoms with Gasteiger partial charge in [0.05, 0.1) is 0 Å². The molecule has 1 aromatic rings. The molecule has 0 radical (unpaired) electrons. The van der Waals surface area contributed by atoms with E-state index in [9.17, 15) is 9.00 Å². The van der Waals surface area contributed by atoms with Gasteiger partial charge in [-0.25, -0.2) is 0 Å². The minimum absolute atomic E-state index is 0.0436. The summed E-state index contributed by atoms with van der Waals surface area (Å²) in [6, 6.07) is 5.96. The van der Waals surface area contributed by atoms with Crippen molar-refractivity contribution in [1.82, 2.24) is 4.90 Å². The van der Waals surface area contributed by atoms with Crippen molar-refractivity contribution < 1.29 is 9.00 Å². The summed E-state index contributed by atoms with van der Waals surface area (Å²) in [6.07, 6.45) is 1.67.